The monoisotopic (exact) mass is 429 g/mol. The van der Waals surface area contributed by atoms with Crippen LogP contribution in [-0.4, -0.2) is 66.5 Å². The van der Waals surface area contributed by atoms with Crippen molar-refractivity contribution in [3.8, 4) is 5.75 Å². The van der Waals surface area contributed by atoms with Gasteiger partial charge in [0.05, 0.1) is 7.11 Å². The van der Waals surface area contributed by atoms with Crippen LogP contribution in [0, 0.1) is 5.92 Å². The van der Waals surface area contributed by atoms with Gasteiger partial charge in [0.25, 0.3) is 0 Å². The molecule has 1 aromatic carbocycles. The summed E-state index contributed by atoms with van der Waals surface area (Å²) in [4.78, 5) is 21.9. The number of hydrogen-bond acceptors (Lipinski definition) is 7. The first-order chi connectivity index (χ1) is 14.7. The second-order valence-electron chi connectivity index (χ2n) is 8.12. The molecule has 1 aromatic heterocycles. The predicted molar refractivity (Wildman–Crippen MR) is 119 cm³/mol. The number of amides is 1. The molecule has 3 heterocycles. The number of anilines is 1. The summed E-state index contributed by atoms with van der Waals surface area (Å²) in [5, 5.41) is 4.10. The summed E-state index contributed by atoms with van der Waals surface area (Å²) < 4.78 is 9.83. The van der Waals surface area contributed by atoms with Gasteiger partial charge >= 0.3 is 0 Å². The average molecular weight is 430 g/mol. The number of rotatable bonds is 8. The van der Waals surface area contributed by atoms with Gasteiger partial charge in [0.2, 0.25) is 11.0 Å². The Labute approximate surface area is 182 Å². The minimum Gasteiger partial charge on any atom is -0.497 e. The largest absolute Gasteiger partial charge is 0.497 e. The van der Waals surface area contributed by atoms with Crippen LogP contribution >= 0.6 is 11.5 Å². The number of benzene rings is 1. The topological polar surface area (TPSA) is 70.6 Å². The second kappa shape index (κ2) is 10.2. The molecule has 2 fully saturated rings. The van der Waals surface area contributed by atoms with E-state index >= 15 is 0 Å². The molecule has 30 heavy (non-hydrogen) atoms. The summed E-state index contributed by atoms with van der Waals surface area (Å²) in [7, 11) is 1.68. The molecule has 162 valence electrons. The van der Waals surface area contributed by atoms with Crippen molar-refractivity contribution in [3.05, 3.63) is 35.7 Å². The molecule has 2 saturated heterocycles. The molecule has 0 bridgehead atoms. The number of hydrogen-bond donors (Lipinski definition) is 1. The molecular formula is C22H31N5O2S. The van der Waals surface area contributed by atoms with Crippen molar-refractivity contribution >= 4 is 22.6 Å². The van der Waals surface area contributed by atoms with Gasteiger partial charge in [-0.15, -0.1) is 0 Å². The molecule has 0 spiro atoms. The van der Waals surface area contributed by atoms with Gasteiger partial charge in [0, 0.05) is 50.1 Å². The molecular weight excluding hydrogens is 398 g/mol. The zero-order chi connectivity index (χ0) is 20.8. The summed E-state index contributed by atoms with van der Waals surface area (Å²) in [6.45, 7) is 5.82. The fourth-order valence-electron chi connectivity index (χ4n) is 4.23. The zero-order valence-electron chi connectivity index (χ0n) is 17.7. The van der Waals surface area contributed by atoms with Crippen molar-refractivity contribution in [1.29, 1.82) is 0 Å². The lowest BCUT2D eigenvalue weighted by atomic mass is 9.96. The number of carbonyl (C=O) groups excluding carboxylic acids is 1. The highest BCUT2D eigenvalue weighted by Crippen LogP contribution is 2.26. The van der Waals surface area contributed by atoms with Crippen molar-refractivity contribution in [2.75, 3.05) is 51.3 Å². The first-order valence-corrected chi connectivity index (χ1v) is 11.7. The minimum absolute atomic E-state index is 0.115. The van der Waals surface area contributed by atoms with E-state index in [1.807, 2.05) is 18.2 Å². The highest BCUT2D eigenvalue weighted by Gasteiger charge is 2.26. The van der Waals surface area contributed by atoms with Gasteiger partial charge < -0.3 is 19.9 Å². The third-order valence-corrected chi connectivity index (χ3v) is 6.83. The van der Waals surface area contributed by atoms with E-state index in [0.717, 1.165) is 61.3 Å². The summed E-state index contributed by atoms with van der Waals surface area (Å²) in [5.74, 6) is 2.02. The van der Waals surface area contributed by atoms with Crippen LogP contribution in [0.3, 0.4) is 0 Å². The Kier molecular flexibility index (Phi) is 7.17. The van der Waals surface area contributed by atoms with Crippen LogP contribution in [0.4, 0.5) is 5.13 Å². The third kappa shape index (κ3) is 5.49. The van der Waals surface area contributed by atoms with E-state index in [9.17, 15) is 4.79 Å². The van der Waals surface area contributed by atoms with Crippen molar-refractivity contribution in [1.82, 2.24) is 19.6 Å². The highest BCUT2D eigenvalue weighted by atomic mass is 32.1. The van der Waals surface area contributed by atoms with Crippen molar-refractivity contribution < 1.29 is 9.53 Å². The van der Waals surface area contributed by atoms with Gasteiger partial charge in [-0.25, -0.2) is 4.98 Å². The number of methoxy groups -OCH3 is 1. The lowest BCUT2D eigenvalue weighted by molar-refractivity contribution is -0.125. The molecule has 4 rings (SSSR count). The van der Waals surface area contributed by atoms with Crippen LogP contribution in [0.1, 0.15) is 37.1 Å². The Hall–Kier alpha value is -2.19. The first-order valence-electron chi connectivity index (χ1n) is 10.9. The summed E-state index contributed by atoms with van der Waals surface area (Å²) >= 11 is 1.45. The van der Waals surface area contributed by atoms with Crippen LogP contribution < -0.4 is 15.0 Å². The molecule has 0 aliphatic carbocycles. The maximum absolute atomic E-state index is 12.5. The van der Waals surface area contributed by atoms with Gasteiger partial charge in [-0.3, -0.25) is 4.79 Å². The zero-order valence-corrected chi connectivity index (χ0v) is 18.5. The molecule has 2 aliphatic rings. The SMILES string of the molecule is COc1cccc(Cc2nsc(N3CCC(C(=O)NCCN4CCCC4)CC3)n2)c1. The van der Waals surface area contributed by atoms with E-state index in [1.54, 1.807) is 7.11 Å². The lowest BCUT2D eigenvalue weighted by Crippen LogP contribution is -2.42. The van der Waals surface area contributed by atoms with E-state index in [1.165, 1.54) is 37.5 Å². The smallest absolute Gasteiger partial charge is 0.223 e. The first kappa shape index (κ1) is 21.1. The molecule has 0 radical (unpaired) electrons. The molecule has 2 aromatic rings. The number of piperidine rings is 1. The number of nitrogens with one attached hydrogen (secondary N) is 1. The highest BCUT2D eigenvalue weighted by molar-refractivity contribution is 7.09. The van der Waals surface area contributed by atoms with Crippen LogP contribution in [0.25, 0.3) is 0 Å². The van der Waals surface area contributed by atoms with E-state index in [0.29, 0.717) is 6.42 Å². The van der Waals surface area contributed by atoms with Crippen LogP contribution in [0.15, 0.2) is 24.3 Å². The molecule has 0 unspecified atom stereocenters. The van der Waals surface area contributed by atoms with Crippen molar-refractivity contribution in [2.24, 2.45) is 5.92 Å². The molecule has 0 atom stereocenters. The maximum atomic E-state index is 12.5. The van der Waals surface area contributed by atoms with E-state index in [2.05, 4.69) is 25.6 Å². The number of ether oxygens (including phenoxy) is 1. The van der Waals surface area contributed by atoms with Gasteiger partial charge in [0.1, 0.15) is 11.6 Å². The van der Waals surface area contributed by atoms with E-state index in [4.69, 9.17) is 9.72 Å². The summed E-state index contributed by atoms with van der Waals surface area (Å²) in [6.07, 6.45) is 5.03. The fraction of sp³-hybridized carbons (Fsp3) is 0.591. The van der Waals surface area contributed by atoms with Crippen molar-refractivity contribution in [2.45, 2.75) is 32.1 Å². The predicted octanol–water partition coefficient (Wildman–Crippen LogP) is 2.57. The lowest BCUT2D eigenvalue weighted by Gasteiger charge is -2.30. The molecule has 2 aliphatic heterocycles. The van der Waals surface area contributed by atoms with Crippen LogP contribution in [-0.2, 0) is 11.2 Å². The van der Waals surface area contributed by atoms with E-state index < -0.39 is 0 Å². The van der Waals surface area contributed by atoms with Gasteiger partial charge in [-0.2, -0.15) is 4.37 Å². The Morgan fingerprint density at radius 1 is 1.23 bits per heavy atom. The van der Waals surface area contributed by atoms with Crippen LogP contribution in [0.2, 0.25) is 0 Å². The molecule has 8 heteroatoms. The van der Waals surface area contributed by atoms with Gasteiger partial charge in [-0.05, 0) is 56.5 Å². The minimum atomic E-state index is 0.115. The number of nitrogens with zero attached hydrogens (tertiary/aromatic N) is 4. The molecule has 1 N–H and O–H groups in total. The Bertz CT molecular complexity index is 828. The second-order valence-corrected chi connectivity index (χ2v) is 8.85. The quantitative estimate of drug-likeness (QED) is 0.696. The van der Waals surface area contributed by atoms with E-state index in [-0.39, 0.29) is 11.8 Å². The standard InChI is InChI=1S/C22H31N5O2S/c1-29-19-6-4-5-17(15-19)16-20-24-22(30-25-20)27-12-7-18(8-13-27)21(28)23-9-14-26-10-2-3-11-26/h4-6,15,18H,2-3,7-14,16H2,1H3,(H,23,28). The fourth-order valence-corrected chi connectivity index (χ4v) is 4.97. The Morgan fingerprint density at radius 2 is 2.03 bits per heavy atom. The average Bonchev–Trinajstić information content (AvgIpc) is 3.46. The third-order valence-electron chi connectivity index (χ3n) is 6.02. The summed E-state index contributed by atoms with van der Waals surface area (Å²) in [6, 6.07) is 8.02. The molecule has 1 amide bonds. The summed E-state index contributed by atoms with van der Waals surface area (Å²) in [5.41, 5.74) is 1.14. The van der Waals surface area contributed by atoms with Crippen LogP contribution in [0.5, 0.6) is 5.75 Å². The molecule has 7 nitrogen and oxygen atoms in total. The van der Waals surface area contributed by atoms with Gasteiger partial charge in [0.15, 0.2) is 0 Å². The molecule has 0 saturated carbocycles. The number of carbonyl (C=O) groups is 1. The Morgan fingerprint density at radius 3 is 2.80 bits per heavy atom. The maximum Gasteiger partial charge on any atom is 0.223 e. The Balaban J connectivity index is 1.22. The number of aromatic nitrogens is 2. The normalized spacial score (nSPS) is 18.0. The number of likely N-dealkylation sites (tertiary alicyclic amines) is 1. The van der Waals surface area contributed by atoms with Gasteiger partial charge in [-0.1, -0.05) is 12.1 Å². The van der Waals surface area contributed by atoms with Crippen molar-refractivity contribution in [3.63, 3.8) is 0 Å².